The largest absolute Gasteiger partial charge is 0.387 e. The van der Waals surface area contributed by atoms with Crippen LogP contribution in [0.3, 0.4) is 0 Å². The Labute approximate surface area is 130 Å². The van der Waals surface area contributed by atoms with Crippen molar-refractivity contribution in [2.45, 2.75) is 19.2 Å². The number of likely N-dealkylation sites (N-methyl/N-ethyl adjacent to an activating group) is 1. The molecule has 124 valence electrons. The predicted octanol–water partition coefficient (Wildman–Crippen LogP) is 2.35. The molecule has 1 atom stereocenters. The molecule has 1 N–H and O–H groups in total. The fourth-order valence-electron chi connectivity index (χ4n) is 2.20. The van der Waals surface area contributed by atoms with Gasteiger partial charge >= 0.3 is 6.55 Å². The first kappa shape index (κ1) is 17.0. The van der Waals surface area contributed by atoms with Crippen LogP contribution in [0, 0.1) is 10.1 Å². The van der Waals surface area contributed by atoms with E-state index >= 15 is 0 Å². The van der Waals surface area contributed by atoms with Gasteiger partial charge in [-0.15, -0.1) is 0 Å². The van der Waals surface area contributed by atoms with Crippen LogP contribution in [0.15, 0.2) is 36.7 Å². The van der Waals surface area contributed by atoms with Crippen molar-refractivity contribution in [1.82, 2.24) is 14.5 Å². The molecule has 1 aromatic heterocycles. The van der Waals surface area contributed by atoms with Crippen molar-refractivity contribution in [3.8, 4) is 0 Å². The Hall–Kier alpha value is -2.39. The zero-order chi connectivity index (χ0) is 17.0. The summed E-state index contributed by atoms with van der Waals surface area (Å²) in [7, 11) is 1.64. The van der Waals surface area contributed by atoms with Gasteiger partial charge in [-0.2, -0.15) is 8.78 Å². The Morgan fingerprint density at radius 3 is 2.87 bits per heavy atom. The van der Waals surface area contributed by atoms with Crippen molar-refractivity contribution in [3.05, 3.63) is 58.2 Å². The summed E-state index contributed by atoms with van der Waals surface area (Å²) in [6.45, 7) is -2.44. The number of halogens is 2. The lowest BCUT2D eigenvalue weighted by molar-refractivity contribution is -0.385. The van der Waals surface area contributed by atoms with Crippen LogP contribution >= 0.6 is 0 Å². The second-order valence-electron chi connectivity index (χ2n) is 5.09. The molecular formula is C14H16F2N4O3. The van der Waals surface area contributed by atoms with E-state index in [0.29, 0.717) is 5.56 Å². The van der Waals surface area contributed by atoms with Crippen molar-refractivity contribution in [1.29, 1.82) is 0 Å². The zero-order valence-corrected chi connectivity index (χ0v) is 12.3. The number of nitrogens with zero attached hydrogens (tertiary/aromatic N) is 4. The topological polar surface area (TPSA) is 84.4 Å². The smallest absolute Gasteiger partial charge is 0.319 e. The van der Waals surface area contributed by atoms with Crippen molar-refractivity contribution in [2.75, 3.05) is 13.6 Å². The van der Waals surface area contributed by atoms with Gasteiger partial charge < -0.3 is 5.11 Å². The molecule has 0 bridgehead atoms. The van der Waals surface area contributed by atoms with Gasteiger partial charge in [-0.05, 0) is 12.6 Å². The lowest BCUT2D eigenvalue weighted by Gasteiger charge is -2.20. The van der Waals surface area contributed by atoms with Gasteiger partial charge in [-0.1, -0.05) is 12.1 Å². The van der Waals surface area contributed by atoms with Crippen LogP contribution in [-0.4, -0.2) is 38.1 Å². The average molecular weight is 326 g/mol. The molecule has 1 aromatic carbocycles. The molecule has 23 heavy (non-hydrogen) atoms. The summed E-state index contributed by atoms with van der Waals surface area (Å²) in [6.07, 6.45) is 1.49. The van der Waals surface area contributed by atoms with Crippen LogP contribution in [0.25, 0.3) is 0 Å². The first-order valence-corrected chi connectivity index (χ1v) is 6.79. The molecule has 7 nitrogen and oxygen atoms in total. The van der Waals surface area contributed by atoms with Gasteiger partial charge in [-0.3, -0.25) is 19.6 Å². The quantitative estimate of drug-likeness (QED) is 0.624. The summed E-state index contributed by atoms with van der Waals surface area (Å²) in [6, 6.07) is 5.68. The molecule has 0 saturated carbocycles. The summed E-state index contributed by atoms with van der Waals surface area (Å²) in [4.78, 5) is 15.7. The molecule has 2 rings (SSSR count). The monoisotopic (exact) mass is 326 g/mol. The summed E-state index contributed by atoms with van der Waals surface area (Å²) in [5, 5.41) is 20.9. The third-order valence-electron chi connectivity index (χ3n) is 3.32. The van der Waals surface area contributed by atoms with Crippen LogP contribution in [0.2, 0.25) is 0 Å². The molecule has 0 spiro atoms. The van der Waals surface area contributed by atoms with E-state index in [0.717, 1.165) is 4.57 Å². The second-order valence-corrected chi connectivity index (χ2v) is 5.09. The van der Waals surface area contributed by atoms with Gasteiger partial charge in [0.05, 0.1) is 17.6 Å². The minimum absolute atomic E-state index is 0.113. The molecule has 0 radical (unpaired) electrons. The van der Waals surface area contributed by atoms with E-state index in [4.69, 9.17) is 0 Å². The van der Waals surface area contributed by atoms with Crippen LogP contribution < -0.4 is 0 Å². The summed E-state index contributed by atoms with van der Waals surface area (Å²) < 4.78 is 26.2. The highest BCUT2D eigenvalue weighted by Gasteiger charge is 2.17. The molecule has 1 heterocycles. The van der Waals surface area contributed by atoms with Crippen molar-refractivity contribution < 1.29 is 18.8 Å². The Kier molecular flexibility index (Phi) is 5.35. The highest BCUT2D eigenvalue weighted by atomic mass is 19.3. The van der Waals surface area contributed by atoms with Gasteiger partial charge in [0.2, 0.25) is 0 Å². The van der Waals surface area contributed by atoms with Crippen LogP contribution in [0.5, 0.6) is 0 Å². The van der Waals surface area contributed by atoms with Gasteiger partial charge in [-0.25, -0.2) is 4.98 Å². The summed E-state index contributed by atoms with van der Waals surface area (Å²) in [5.74, 6) is 0.175. The zero-order valence-electron chi connectivity index (χ0n) is 12.3. The van der Waals surface area contributed by atoms with E-state index in [2.05, 4.69) is 4.98 Å². The van der Waals surface area contributed by atoms with Gasteiger partial charge in [0, 0.05) is 31.1 Å². The first-order chi connectivity index (χ1) is 10.9. The molecule has 9 heteroatoms. The number of rotatable bonds is 7. The van der Waals surface area contributed by atoms with Crippen molar-refractivity contribution >= 4 is 5.69 Å². The maximum atomic E-state index is 12.8. The number of non-ortho nitro benzene ring substituents is 1. The van der Waals surface area contributed by atoms with Gasteiger partial charge in [0.25, 0.3) is 5.69 Å². The molecule has 2 aromatic rings. The standard InChI is InChI=1S/C14H16F2N4O3/c1-18(9-13-17-5-6-19(13)14(15)16)8-12(21)10-3-2-4-11(7-10)20(22)23/h2-7,12,14,21H,8-9H2,1H3. The SMILES string of the molecule is CN(Cc1nccn1C(F)F)CC(O)c1cccc([N+](=O)[O-])c1. The van der Waals surface area contributed by atoms with Crippen LogP contribution in [-0.2, 0) is 6.54 Å². The highest BCUT2D eigenvalue weighted by Crippen LogP contribution is 2.20. The number of aliphatic hydroxyl groups is 1. The van der Waals surface area contributed by atoms with Gasteiger partial charge in [0.15, 0.2) is 0 Å². The Morgan fingerprint density at radius 1 is 1.48 bits per heavy atom. The molecule has 0 saturated heterocycles. The van der Waals surface area contributed by atoms with Crippen LogP contribution in [0.1, 0.15) is 24.0 Å². The predicted molar refractivity (Wildman–Crippen MR) is 77.9 cm³/mol. The lowest BCUT2D eigenvalue weighted by atomic mass is 10.1. The number of aromatic nitrogens is 2. The van der Waals surface area contributed by atoms with E-state index < -0.39 is 17.6 Å². The number of benzene rings is 1. The summed E-state index contributed by atoms with van der Waals surface area (Å²) >= 11 is 0. The molecule has 1 unspecified atom stereocenters. The van der Waals surface area contributed by atoms with Crippen molar-refractivity contribution in [3.63, 3.8) is 0 Å². The first-order valence-electron chi connectivity index (χ1n) is 6.79. The summed E-state index contributed by atoms with van der Waals surface area (Å²) in [5.41, 5.74) is 0.278. The molecule has 0 aliphatic rings. The number of nitro benzene ring substituents is 1. The van der Waals surface area contributed by atoms with E-state index in [1.807, 2.05) is 0 Å². The maximum absolute atomic E-state index is 12.8. The normalized spacial score (nSPS) is 12.8. The minimum atomic E-state index is -2.68. The Balaban J connectivity index is 2.02. The van der Waals surface area contributed by atoms with Crippen LogP contribution in [0.4, 0.5) is 14.5 Å². The third kappa shape index (κ3) is 4.30. The number of alkyl halides is 2. The number of hydrogen-bond donors (Lipinski definition) is 1. The number of nitro groups is 1. The Morgan fingerprint density at radius 2 is 2.22 bits per heavy atom. The van der Waals surface area contributed by atoms with Gasteiger partial charge in [0.1, 0.15) is 5.82 Å². The number of hydrogen-bond acceptors (Lipinski definition) is 5. The molecule has 0 amide bonds. The number of imidazole rings is 1. The molecule has 0 aliphatic heterocycles. The minimum Gasteiger partial charge on any atom is -0.387 e. The molecule has 0 aliphatic carbocycles. The van der Waals surface area contributed by atoms with E-state index in [1.54, 1.807) is 18.0 Å². The third-order valence-corrected chi connectivity index (χ3v) is 3.32. The number of aliphatic hydroxyl groups excluding tert-OH is 1. The lowest BCUT2D eigenvalue weighted by Crippen LogP contribution is -2.26. The second kappa shape index (κ2) is 7.25. The molecule has 0 fully saturated rings. The van der Waals surface area contributed by atoms with Crippen molar-refractivity contribution in [2.24, 2.45) is 0 Å². The fourth-order valence-corrected chi connectivity index (χ4v) is 2.20. The Bertz CT molecular complexity index is 678. The van der Waals surface area contributed by atoms with E-state index in [-0.39, 0.29) is 24.6 Å². The fraction of sp³-hybridized carbons (Fsp3) is 0.357. The maximum Gasteiger partial charge on any atom is 0.319 e. The van der Waals surface area contributed by atoms with E-state index in [1.165, 1.54) is 30.6 Å². The average Bonchev–Trinajstić information content (AvgIpc) is 2.95. The highest BCUT2D eigenvalue weighted by molar-refractivity contribution is 5.35. The van der Waals surface area contributed by atoms with E-state index in [9.17, 15) is 24.0 Å². The molecular weight excluding hydrogens is 310 g/mol.